The molecule has 0 atom stereocenters. The van der Waals surface area contributed by atoms with Crippen LogP contribution in [0.1, 0.15) is 29.1 Å². The van der Waals surface area contributed by atoms with E-state index in [1.807, 2.05) is 0 Å². The summed E-state index contributed by atoms with van der Waals surface area (Å²) in [5.41, 5.74) is 1.90. The number of benzene rings is 1. The Morgan fingerprint density at radius 2 is 2.11 bits per heavy atom. The molecule has 1 aromatic carbocycles. The Morgan fingerprint density at radius 1 is 1.30 bits per heavy atom. The zero-order chi connectivity index (χ0) is 18.8. The van der Waals surface area contributed by atoms with Crippen LogP contribution in [0, 0.1) is 0 Å². The van der Waals surface area contributed by atoms with Crippen LogP contribution in [0.3, 0.4) is 0 Å². The van der Waals surface area contributed by atoms with Gasteiger partial charge in [-0.05, 0) is 49.1 Å². The van der Waals surface area contributed by atoms with E-state index in [9.17, 15) is 9.59 Å². The molecular formula is C19H18ClN3O2S2. The van der Waals surface area contributed by atoms with Crippen molar-refractivity contribution in [1.29, 1.82) is 0 Å². The minimum absolute atomic E-state index is 0.0320. The molecule has 0 saturated carbocycles. The van der Waals surface area contributed by atoms with E-state index in [4.69, 9.17) is 11.6 Å². The SMILES string of the molecule is O=C(CCSCc1nc2sc3c(c2c(=O)[nH]1)CCC3)Nc1ccc(Cl)cc1. The van der Waals surface area contributed by atoms with Crippen LogP contribution in [-0.2, 0) is 23.4 Å². The molecule has 0 radical (unpaired) electrons. The van der Waals surface area contributed by atoms with E-state index in [1.165, 1.54) is 10.4 Å². The molecule has 2 aromatic heterocycles. The monoisotopic (exact) mass is 419 g/mol. The summed E-state index contributed by atoms with van der Waals surface area (Å²) in [6.07, 6.45) is 3.57. The number of H-pyrrole nitrogens is 1. The molecule has 27 heavy (non-hydrogen) atoms. The summed E-state index contributed by atoms with van der Waals surface area (Å²) >= 11 is 9.06. The van der Waals surface area contributed by atoms with Gasteiger partial charge in [0.05, 0.1) is 11.1 Å². The quantitative estimate of drug-likeness (QED) is 0.581. The second kappa shape index (κ2) is 8.04. The molecule has 5 nitrogen and oxygen atoms in total. The number of anilines is 1. The molecule has 140 valence electrons. The zero-order valence-corrected chi connectivity index (χ0v) is 16.9. The highest BCUT2D eigenvalue weighted by molar-refractivity contribution is 7.98. The summed E-state index contributed by atoms with van der Waals surface area (Å²) in [7, 11) is 0. The predicted octanol–water partition coefficient (Wildman–Crippen LogP) is 4.39. The molecular weight excluding hydrogens is 402 g/mol. The van der Waals surface area contributed by atoms with Crippen molar-refractivity contribution in [3.05, 3.63) is 55.9 Å². The second-order valence-electron chi connectivity index (χ2n) is 6.41. The Balaban J connectivity index is 1.31. The Morgan fingerprint density at radius 3 is 2.93 bits per heavy atom. The number of carbonyl (C=O) groups is 1. The van der Waals surface area contributed by atoms with E-state index >= 15 is 0 Å². The first-order valence-electron chi connectivity index (χ1n) is 8.77. The zero-order valence-electron chi connectivity index (χ0n) is 14.5. The van der Waals surface area contributed by atoms with E-state index in [2.05, 4.69) is 15.3 Å². The number of fused-ring (bicyclic) bond motifs is 3. The van der Waals surface area contributed by atoms with Crippen molar-refractivity contribution < 1.29 is 4.79 Å². The smallest absolute Gasteiger partial charge is 0.259 e. The van der Waals surface area contributed by atoms with Crippen LogP contribution in [0.4, 0.5) is 5.69 Å². The van der Waals surface area contributed by atoms with Crippen LogP contribution < -0.4 is 10.9 Å². The van der Waals surface area contributed by atoms with Crippen molar-refractivity contribution in [3.63, 3.8) is 0 Å². The first kappa shape index (κ1) is 18.5. The van der Waals surface area contributed by atoms with Crippen molar-refractivity contribution in [2.45, 2.75) is 31.4 Å². The molecule has 0 aliphatic heterocycles. The molecule has 0 unspecified atom stereocenters. The summed E-state index contributed by atoms with van der Waals surface area (Å²) < 4.78 is 0. The van der Waals surface area contributed by atoms with Crippen molar-refractivity contribution in [1.82, 2.24) is 9.97 Å². The number of aromatic amines is 1. The average molecular weight is 420 g/mol. The number of nitrogens with zero attached hydrogens (tertiary/aromatic N) is 1. The number of aryl methyl sites for hydroxylation is 2. The van der Waals surface area contributed by atoms with Gasteiger partial charge in [-0.25, -0.2) is 4.98 Å². The Kier molecular flexibility index (Phi) is 5.52. The van der Waals surface area contributed by atoms with Gasteiger partial charge in [-0.2, -0.15) is 11.8 Å². The fourth-order valence-electron chi connectivity index (χ4n) is 3.21. The van der Waals surface area contributed by atoms with Crippen molar-refractivity contribution in [3.8, 4) is 0 Å². The van der Waals surface area contributed by atoms with Crippen LogP contribution in [-0.4, -0.2) is 21.6 Å². The second-order valence-corrected chi connectivity index (χ2v) is 9.03. The van der Waals surface area contributed by atoms with Crippen LogP contribution in [0.15, 0.2) is 29.1 Å². The first-order chi connectivity index (χ1) is 13.1. The molecule has 8 heteroatoms. The van der Waals surface area contributed by atoms with E-state index in [0.29, 0.717) is 28.8 Å². The molecule has 3 aromatic rings. The van der Waals surface area contributed by atoms with Gasteiger partial charge in [-0.15, -0.1) is 11.3 Å². The molecule has 1 aliphatic rings. The van der Waals surface area contributed by atoms with Gasteiger partial charge in [0.15, 0.2) is 0 Å². The highest BCUT2D eigenvalue weighted by Crippen LogP contribution is 2.34. The van der Waals surface area contributed by atoms with E-state index in [-0.39, 0.29) is 11.5 Å². The Bertz CT molecular complexity index is 1040. The predicted molar refractivity (Wildman–Crippen MR) is 113 cm³/mol. The number of carbonyl (C=O) groups excluding carboxylic acids is 1. The third-order valence-electron chi connectivity index (χ3n) is 4.46. The topological polar surface area (TPSA) is 74.8 Å². The maximum Gasteiger partial charge on any atom is 0.259 e. The van der Waals surface area contributed by atoms with Gasteiger partial charge in [0.2, 0.25) is 5.91 Å². The van der Waals surface area contributed by atoms with E-state index in [0.717, 1.165) is 35.2 Å². The third kappa shape index (κ3) is 4.20. The third-order valence-corrected chi connectivity index (χ3v) is 6.87. The number of thioether (sulfide) groups is 1. The van der Waals surface area contributed by atoms with Gasteiger partial charge in [0, 0.05) is 27.8 Å². The maximum absolute atomic E-state index is 12.4. The normalized spacial score (nSPS) is 13.1. The summed E-state index contributed by atoms with van der Waals surface area (Å²) in [4.78, 5) is 34.1. The first-order valence-corrected chi connectivity index (χ1v) is 11.1. The van der Waals surface area contributed by atoms with Crippen LogP contribution in [0.2, 0.25) is 5.02 Å². The summed E-state index contributed by atoms with van der Waals surface area (Å²) in [5.74, 6) is 1.87. The number of nitrogens with one attached hydrogen (secondary N) is 2. The lowest BCUT2D eigenvalue weighted by atomic mass is 10.2. The minimum atomic E-state index is -0.0450. The lowest BCUT2D eigenvalue weighted by Crippen LogP contribution is -2.13. The highest BCUT2D eigenvalue weighted by Gasteiger charge is 2.21. The van der Waals surface area contributed by atoms with Gasteiger partial charge in [0.1, 0.15) is 10.7 Å². The Hall–Kier alpha value is -1.83. The number of halogens is 1. The number of aromatic nitrogens is 2. The number of hydrogen-bond acceptors (Lipinski definition) is 5. The van der Waals surface area contributed by atoms with Crippen LogP contribution in [0.5, 0.6) is 0 Å². The van der Waals surface area contributed by atoms with Gasteiger partial charge < -0.3 is 10.3 Å². The molecule has 2 heterocycles. The van der Waals surface area contributed by atoms with Gasteiger partial charge >= 0.3 is 0 Å². The lowest BCUT2D eigenvalue weighted by molar-refractivity contribution is -0.115. The lowest BCUT2D eigenvalue weighted by Gasteiger charge is -2.05. The average Bonchev–Trinajstić information content (AvgIpc) is 3.21. The molecule has 0 fully saturated rings. The number of amides is 1. The molecule has 0 spiro atoms. The number of thiophene rings is 1. The fraction of sp³-hybridized carbons (Fsp3) is 0.316. The van der Waals surface area contributed by atoms with Crippen molar-refractivity contribution in [2.24, 2.45) is 0 Å². The van der Waals surface area contributed by atoms with Crippen LogP contribution >= 0.6 is 34.7 Å². The van der Waals surface area contributed by atoms with E-state index < -0.39 is 0 Å². The summed E-state index contributed by atoms with van der Waals surface area (Å²) in [6.45, 7) is 0. The largest absolute Gasteiger partial charge is 0.326 e. The fourth-order valence-corrected chi connectivity index (χ4v) is 5.42. The van der Waals surface area contributed by atoms with Crippen molar-refractivity contribution >= 4 is 56.5 Å². The maximum atomic E-state index is 12.4. The number of rotatable bonds is 6. The van der Waals surface area contributed by atoms with Gasteiger partial charge in [-0.1, -0.05) is 11.6 Å². The molecule has 2 N–H and O–H groups in total. The molecule has 1 aliphatic carbocycles. The highest BCUT2D eigenvalue weighted by atomic mass is 35.5. The van der Waals surface area contributed by atoms with Gasteiger partial charge in [-0.3, -0.25) is 9.59 Å². The van der Waals surface area contributed by atoms with Crippen LogP contribution in [0.25, 0.3) is 10.2 Å². The van der Waals surface area contributed by atoms with Gasteiger partial charge in [0.25, 0.3) is 5.56 Å². The molecule has 0 saturated heterocycles. The minimum Gasteiger partial charge on any atom is -0.326 e. The Labute approximate surface area is 169 Å². The standard InChI is InChI=1S/C19H18ClN3O2S2/c20-11-4-6-12(7-5-11)21-16(24)8-9-26-10-15-22-18(25)17-13-2-1-3-14(13)27-19(17)23-15/h4-7H,1-3,8-10H2,(H,21,24)(H,22,23,25). The summed E-state index contributed by atoms with van der Waals surface area (Å²) in [5, 5.41) is 4.26. The summed E-state index contributed by atoms with van der Waals surface area (Å²) in [6, 6.07) is 7.03. The molecule has 1 amide bonds. The molecule has 4 rings (SSSR count). The number of hydrogen-bond donors (Lipinski definition) is 2. The van der Waals surface area contributed by atoms with Crippen molar-refractivity contribution in [2.75, 3.05) is 11.1 Å². The van der Waals surface area contributed by atoms with E-state index in [1.54, 1.807) is 47.4 Å². The molecule has 0 bridgehead atoms.